The van der Waals surface area contributed by atoms with Gasteiger partial charge in [-0.2, -0.15) is 0 Å². The molecule has 2 aliphatic rings. The normalized spacial score (nSPS) is 17.8. The van der Waals surface area contributed by atoms with Crippen LogP contribution in [0.5, 0.6) is 5.75 Å². The molecule has 4 rings (SSSR count). The maximum atomic E-state index is 13.2. The van der Waals surface area contributed by atoms with Crippen LogP contribution in [-0.4, -0.2) is 101 Å². The summed E-state index contributed by atoms with van der Waals surface area (Å²) < 4.78 is 0. The van der Waals surface area contributed by atoms with Gasteiger partial charge in [0.2, 0.25) is 6.41 Å². The smallest absolute Gasteiger partial charge is 0.269 e. The summed E-state index contributed by atoms with van der Waals surface area (Å²) in [6.07, 6.45) is 6.05. The SMILES string of the molecule is C=C.Cc1cc(-c2ccc(N(C=O)/C=C\N(C)C)c(Cl)c2)c(O)c(C2C=C(N3CCN(C(C)(C)C)CC3)C(=O)N(C)C2)n1. The molecule has 3 heterocycles. The number of aryl methyl sites for hydroxylation is 1. The van der Waals surface area contributed by atoms with E-state index in [2.05, 4.69) is 43.7 Å². The van der Waals surface area contributed by atoms with E-state index in [-0.39, 0.29) is 23.1 Å². The van der Waals surface area contributed by atoms with Crippen molar-refractivity contribution in [3.63, 3.8) is 0 Å². The first-order valence-electron chi connectivity index (χ1n) is 14.4. The molecule has 1 unspecified atom stereocenters. The van der Waals surface area contributed by atoms with Crippen molar-refractivity contribution < 1.29 is 14.7 Å². The summed E-state index contributed by atoms with van der Waals surface area (Å²) in [5, 5.41) is 11.9. The van der Waals surface area contributed by atoms with E-state index in [4.69, 9.17) is 16.6 Å². The van der Waals surface area contributed by atoms with Crippen LogP contribution in [0.3, 0.4) is 0 Å². The minimum Gasteiger partial charge on any atom is -0.505 e. The lowest BCUT2D eigenvalue weighted by molar-refractivity contribution is -0.128. The Morgan fingerprint density at radius 3 is 2.30 bits per heavy atom. The molecule has 1 N–H and O–H groups in total. The van der Waals surface area contributed by atoms with Crippen molar-refractivity contribution in [1.82, 2.24) is 24.6 Å². The Morgan fingerprint density at radius 1 is 1.09 bits per heavy atom. The average molecular weight is 609 g/mol. The van der Waals surface area contributed by atoms with Crippen molar-refractivity contribution in [2.75, 3.05) is 58.8 Å². The Hall–Kier alpha value is -3.82. The van der Waals surface area contributed by atoms with Crippen molar-refractivity contribution in [2.24, 2.45) is 0 Å². The van der Waals surface area contributed by atoms with E-state index in [0.717, 1.165) is 31.9 Å². The Bertz CT molecular complexity index is 1380. The summed E-state index contributed by atoms with van der Waals surface area (Å²) in [6, 6.07) is 7.14. The molecule has 0 spiro atoms. The lowest BCUT2D eigenvalue weighted by atomic mass is 9.93. The van der Waals surface area contributed by atoms with Gasteiger partial charge in [-0.05, 0) is 57.5 Å². The zero-order valence-corrected chi connectivity index (χ0v) is 27.2. The molecule has 1 aromatic heterocycles. The number of aromatic nitrogens is 1. The summed E-state index contributed by atoms with van der Waals surface area (Å²) in [5.41, 5.74) is 3.83. The van der Waals surface area contributed by atoms with Crippen LogP contribution in [0.15, 0.2) is 61.6 Å². The minimum atomic E-state index is -0.275. The zero-order valence-electron chi connectivity index (χ0n) is 26.5. The monoisotopic (exact) mass is 608 g/mol. The number of pyridine rings is 1. The molecule has 43 heavy (non-hydrogen) atoms. The van der Waals surface area contributed by atoms with Crippen LogP contribution in [0, 0.1) is 6.92 Å². The van der Waals surface area contributed by atoms with Crippen LogP contribution in [0.25, 0.3) is 11.1 Å². The van der Waals surface area contributed by atoms with Gasteiger partial charge in [-0.3, -0.25) is 24.4 Å². The van der Waals surface area contributed by atoms with Gasteiger partial charge >= 0.3 is 0 Å². The standard InChI is InChI=1S/C31H41ClN6O3.C2H4/c1-21-16-24(22-8-9-26(25(32)17-22)37(20-39)11-10-34(5)6)29(40)28(33-21)23-18-27(30(41)35(7)19-23)36-12-14-38(15-13-36)31(2,3)4;1-2/h8-11,16-18,20,23,40H,12-15,19H2,1-7H3;1-2H2/b11-10-;. The van der Waals surface area contributed by atoms with Crippen LogP contribution in [0.2, 0.25) is 5.02 Å². The van der Waals surface area contributed by atoms with Crippen LogP contribution in [0.4, 0.5) is 5.69 Å². The molecule has 1 saturated heterocycles. The zero-order chi connectivity index (χ0) is 32.1. The van der Waals surface area contributed by atoms with Gasteiger partial charge in [0.05, 0.1) is 22.1 Å². The van der Waals surface area contributed by atoms with Crippen LogP contribution in [0.1, 0.15) is 38.1 Å². The fourth-order valence-corrected chi connectivity index (χ4v) is 5.62. The molecule has 1 atom stereocenters. The highest BCUT2D eigenvalue weighted by molar-refractivity contribution is 6.34. The highest BCUT2D eigenvalue weighted by Crippen LogP contribution is 2.40. The van der Waals surface area contributed by atoms with E-state index in [9.17, 15) is 14.7 Å². The molecule has 0 bridgehead atoms. The Labute approximate surface area is 261 Å². The summed E-state index contributed by atoms with van der Waals surface area (Å²) in [6.45, 7) is 18.2. The third-order valence-corrected chi connectivity index (χ3v) is 7.94. The number of nitrogens with zero attached hydrogens (tertiary/aromatic N) is 6. The number of carbonyl (C=O) groups is 2. The molecular weight excluding hydrogens is 564 g/mol. The van der Waals surface area contributed by atoms with Crippen molar-refractivity contribution >= 4 is 29.6 Å². The van der Waals surface area contributed by atoms with E-state index in [1.54, 1.807) is 36.5 Å². The number of anilines is 1. The average Bonchev–Trinajstić information content (AvgIpc) is 2.97. The highest BCUT2D eigenvalue weighted by Gasteiger charge is 2.34. The van der Waals surface area contributed by atoms with Crippen LogP contribution in [-0.2, 0) is 9.59 Å². The van der Waals surface area contributed by atoms with E-state index < -0.39 is 0 Å². The number of hydrogen-bond donors (Lipinski definition) is 1. The Balaban J connectivity index is 0.00000248. The van der Waals surface area contributed by atoms with Gasteiger partial charge in [0, 0.05) is 89.0 Å². The summed E-state index contributed by atoms with van der Waals surface area (Å²) in [7, 11) is 5.52. The van der Waals surface area contributed by atoms with Crippen LogP contribution >= 0.6 is 11.6 Å². The number of piperazine rings is 1. The molecule has 0 radical (unpaired) electrons. The number of carbonyl (C=O) groups excluding carboxylic acids is 2. The van der Waals surface area contributed by atoms with E-state index in [1.807, 2.05) is 44.1 Å². The molecule has 1 fully saturated rings. The first-order valence-corrected chi connectivity index (χ1v) is 14.7. The van der Waals surface area contributed by atoms with Crippen molar-refractivity contribution in [2.45, 2.75) is 39.2 Å². The maximum Gasteiger partial charge on any atom is 0.269 e. The van der Waals surface area contributed by atoms with Crippen LogP contribution < -0.4 is 4.90 Å². The topological polar surface area (TPSA) is 83.5 Å². The summed E-state index contributed by atoms with van der Waals surface area (Å²) >= 11 is 6.62. The van der Waals surface area contributed by atoms with Gasteiger partial charge < -0.3 is 19.8 Å². The van der Waals surface area contributed by atoms with E-state index in [0.29, 0.717) is 46.2 Å². The molecule has 2 aliphatic heterocycles. The number of aromatic hydroxyl groups is 1. The third kappa shape index (κ3) is 7.77. The molecule has 232 valence electrons. The number of rotatable bonds is 7. The number of benzene rings is 1. The maximum absolute atomic E-state index is 13.2. The second-order valence-electron chi connectivity index (χ2n) is 12.0. The first-order chi connectivity index (χ1) is 20.3. The Morgan fingerprint density at radius 2 is 1.74 bits per heavy atom. The number of hydrogen-bond acceptors (Lipinski definition) is 7. The summed E-state index contributed by atoms with van der Waals surface area (Å²) in [4.78, 5) is 39.2. The lowest BCUT2D eigenvalue weighted by Crippen LogP contribution is -2.54. The quantitative estimate of drug-likeness (QED) is 0.347. The van der Waals surface area contributed by atoms with E-state index >= 15 is 0 Å². The first kappa shape index (κ1) is 33.7. The van der Waals surface area contributed by atoms with Crippen molar-refractivity contribution in [3.8, 4) is 16.9 Å². The third-order valence-electron chi connectivity index (χ3n) is 7.64. The molecule has 10 heteroatoms. The molecule has 2 aromatic rings. The number of likely N-dealkylation sites (N-methyl/N-ethyl adjacent to an activating group) is 1. The predicted octanol–water partition coefficient (Wildman–Crippen LogP) is 5.07. The predicted molar refractivity (Wildman–Crippen MR) is 175 cm³/mol. The van der Waals surface area contributed by atoms with Gasteiger partial charge in [-0.25, -0.2) is 0 Å². The number of amides is 2. The van der Waals surface area contributed by atoms with Gasteiger partial charge in [0.1, 0.15) is 5.75 Å². The second kappa shape index (κ2) is 14.1. The van der Waals surface area contributed by atoms with E-state index in [1.165, 1.54) is 4.90 Å². The highest BCUT2D eigenvalue weighted by atomic mass is 35.5. The lowest BCUT2D eigenvalue weighted by Gasteiger charge is -2.44. The van der Waals surface area contributed by atoms with Gasteiger partial charge in [-0.15, -0.1) is 13.2 Å². The summed E-state index contributed by atoms with van der Waals surface area (Å²) in [5.74, 6) is -0.230. The number of halogens is 1. The van der Waals surface area contributed by atoms with Gasteiger partial charge in [0.15, 0.2) is 0 Å². The second-order valence-corrected chi connectivity index (χ2v) is 12.4. The fraction of sp³-hybridized carbons (Fsp3) is 0.424. The molecule has 9 nitrogen and oxygen atoms in total. The molecule has 0 saturated carbocycles. The Kier molecular flexibility index (Phi) is 11.0. The van der Waals surface area contributed by atoms with Crippen molar-refractivity contribution in [3.05, 3.63) is 78.0 Å². The molecular formula is C33H45ClN6O3. The minimum absolute atomic E-state index is 0.0109. The molecule has 1 aromatic carbocycles. The van der Waals surface area contributed by atoms with Crippen molar-refractivity contribution in [1.29, 1.82) is 0 Å². The molecule has 0 aliphatic carbocycles. The van der Waals surface area contributed by atoms with Gasteiger partial charge in [-0.1, -0.05) is 17.7 Å². The largest absolute Gasteiger partial charge is 0.505 e. The fourth-order valence-electron chi connectivity index (χ4n) is 5.34. The van der Waals surface area contributed by atoms with Gasteiger partial charge in [0.25, 0.3) is 5.91 Å². The molecule has 2 amide bonds.